The van der Waals surface area contributed by atoms with E-state index in [4.69, 9.17) is 9.47 Å². The first-order valence-electron chi connectivity index (χ1n) is 7.92. The molecule has 1 aromatic carbocycles. The van der Waals surface area contributed by atoms with Gasteiger partial charge in [0, 0.05) is 30.5 Å². The van der Waals surface area contributed by atoms with Crippen LogP contribution in [0.5, 0.6) is 11.5 Å². The first-order valence-corrected chi connectivity index (χ1v) is 7.92. The molecule has 126 valence electrons. The third kappa shape index (κ3) is 3.24. The quantitative estimate of drug-likeness (QED) is 0.909. The number of benzene rings is 1. The van der Waals surface area contributed by atoms with Crippen LogP contribution in [0.4, 0.5) is 11.6 Å². The van der Waals surface area contributed by atoms with Crippen LogP contribution in [0.2, 0.25) is 0 Å². The topological polar surface area (TPSA) is 76.6 Å². The molecule has 2 aromatic rings. The van der Waals surface area contributed by atoms with Crippen molar-refractivity contribution in [2.24, 2.45) is 0 Å². The Hall–Kier alpha value is -2.83. The Kier molecular flexibility index (Phi) is 4.50. The van der Waals surface area contributed by atoms with Crippen LogP contribution >= 0.6 is 0 Å². The summed E-state index contributed by atoms with van der Waals surface area (Å²) in [5.41, 5.74) is 1.88. The fourth-order valence-corrected chi connectivity index (χ4v) is 2.51. The summed E-state index contributed by atoms with van der Waals surface area (Å²) in [6, 6.07) is 7.19. The van der Waals surface area contributed by atoms with E-state index in [1.165, 1.54) is 0 Å². The molecular formula is C17H20N4O3. The van der Waals surface area contributed by atoms with E-state index in [9.17, 15) is 4.79 Å². The first kappa shape index (κ1) is 16.0. The van der Waals surface area contributed by atoms with Crippen molar-refractivity contribution in [1.82, 2.24) is 14.9 Å². The summed E-state index contributed by atoms with van der Waals surface area (Å²) in [6.07, 6.45) is 0. The minimum Gasteiger partial charge on any atom is -0.454 e. The Labute approximate surface area is 140 Å². The molecule has 0 atom stereocenters. The largest absolute Gasteiger partial charge is 0.454 e. The number of carbonyl (C=O) groups is 1. The number of fused-ring (bicyclic) bond motifs is 1. The van der Waals surface area contributed by atoms with Gasteiger partial charge in [-0.2, -0.15) is 0 Å². The molecule has 1 aromatic heterocycles. The predicted octanol–water partition coefficient (Wildman–Crippen LogP) is 2.74. The van der Waals surface area contributed by atoms with Gasteiger partial charge in [-0.25, -0.2) is 9.97 Å². The molecule has 7 heteroatoms. The SMILES string of the molecule is CCN(CC)C(=O)c1cc(C)nc(Nc2ccc3c(c2)OCO3)n1. The Bertz CT molecular complexity index is 759. The van der Waals surface area contributed by atoms with Crippen molar-refractivity contribution in [3.63, 3.8) is 0 Å². The highest BCUT2D eigenvalue weighted by Gasteiger charge is 2.17. The van der Waals surface area contributed by atoms with E-state index in [-0.39, 0.29) is 12.7 Å². The molecule has 1 aliphatic heterocycles. The van der Waals surface area contributed by atoms with Crippen molar-refractivity contribution in [3.8, 4) is 11.5 Å². The molecule has 1 aliphatic rings. The number of rotatable bonds is 5. The van der Waals surface area contributed by atoms with Gasteiger partial charge < -0.3 is 19.7 Å². The fourth-order valence-electron chi connectivity index (χ4n) is 2.51. The lowest BCUT2D eigenvalue weighted by Gasteiger charge is -2.18. The van der Waals surface area contributed by atoms with Crippen LogP contribution in [-0.2, 0) is 0 Å². The molecular weight excluding hydrogens is 308 g/mol. The number of aryl methyl sites for hydroxylation is 1. The summed E-state index contributed by atoms with van der Waals surface area (Å²) >= 11 is 0. The summed E-state index contributed by atoms with van der Waals surface area (Å²) in [5, 5.41) is 3.12. The van der Waals surface area contributed by atoms with E-state index in [1.54, 1.807) is 11.0 Å². The number of carbonyl (C=O) groups excluding carboxylic acids is 1. The molecule has 0 aliphatic carbocycles. The van der Waals surface area contributed by atoms with Gasteiger partial charge in [-0.05, 0) is 39.0 Å². The molecule has 1 amide bonds. The monoisotopic (exact) mass is 328 g/mol. The number of hydrogen-bond acceptors (Lipinski definition) is 6. The maximum atomic E-state index is 12.5. The molecule has 0 bridgehead atoms. The van der Waals surface area contributed by atoms with Crippen LogP contribution in [-0.4, -0.2) is 40.7 Å². The molecule has 2 heterocycles. The summed E-state index contributed by atoms with van der Waals surface area (Å²) in [5.74, 6) is 1.67. The lowest BCUT2D eigenvalue weighted by atomic mass is 10.2. The number of aromatic nitrogens is 2. The van der Waals surface area contributed by atoms with E-state index in [0.29, 0.717) is 36.2 Å². The number of hydrogen-bond donors (Lipinski definition) is 1. The molecule has 0 saturated carbocycles. The molecule has 7 nitrogen and oxygen atoms in total. The summed E-state index contributed by atoms with van der Waals surface area (Å²) in [6.45, 7) is 7.24. The minimum absolute atomic E-state index is 0.0979. The third-order valence-corrected chi connectivity index (χ3v) is 3.75. The number of amides is 1. The third-order valence-electron chi connectivity index (χ3n) is 3.75. The lowest BCUT2D eigenvalue weighted by Crippen LogP contribution is -2.31. The van der Waals surface area contributed by atoms with Crippen molar-refractivity contribution in [3.05, 3.63) is 35.7 Å². The molecule has 0 unspecified atom stereocenters. The molecule has 1 N–H and O–H groups in total. The molecule has 0 spiro atoms. The van der Waals surface area contributed by atoms with E-state index in [1.807, 2.05) is 39.0 Å². The highest BCUT2D eigenvalue weighted by Crippen LogP contribution is 2.34. The zero-order chi connectivity index (χ0) is 17.1. The number of nitrogens with zero attached hydrogens (tertiary/aromatic N) is 3. The highest BCUT2D eigenvalue weighted by molar-refractivity contribution is 5.92. The fraction of sp³-hybridized carbons (Fsp3) is 0.353. The van der Waals surface area contributed by atoms with Gasteiger partial charge in [-0.15, -0.1) is 0 Å². The second kappa shape index (κ2) is 6.74. The minimum atomic E-state index is -0.0979. The Balaban J connectivity index is 1.85. The normalized spacial score (nSPS) is 12.1. The number of anilines is 2. The van der Waals surface area contributed by atoms with Gasteiger partial charge in [0.2, 0.25) is 12.7 Å². The smallest absolute Gasteiger partial charge is 0.272 e. The van der Waals surface area contributed by atoms with Gasteiger partial charge in [0.25, 0.3) is 5.91 Å². The van der Waals surface area contributed by atoms with Crippen molar-refractivity contribution in [2.75, 3.05) is 25.2 Å². The zero-order valence-electron chi connectivity index (χ0n) is 14.0. The second-order valence-corrected chi connectivity index (χ2v) is 5.39. The maximum Gasteiger partial charge on any atom is 0.272 e. The van der Waals surface area contributed by atoms with Gasteiger partial charge in [-0.1, -0.05) is 0 Å². The summed E-state index contributed by atoms with van der Waals surface area (Å²) < 4.78 is 10.7. The molecule has 0 saturated heterocycles. The first-order chi connectivity index (χ1) is 11.6. The van der Waals surface area contributed by atoms with Crippen LogP contribution in [0.1, 0.15) is 30.0 Å². The Morgan fingerprint density at radius 1 is 1.17 bits per heavy atom. The van der Waals surface area contributed by atoms with E-state index >= 15 is 0 Å². The van der Waals surface area contributed by atoms with Crippen LogP contribution in [0, 0.1) is 6.92 Å². The highest BCUT2D eigenvalue weighted by atomic mass is 16.7. The van der Waals surface area contributed by atoms with Gasteiger partial charge in [0.05, 0.1) is 0 Å². The van der Waals surface area contributed by atoms with Crippen molar-refractivity contribution >= 4 is 17.5 Å². The summed E-state index contributed by atoms with van der Waals surface area (Å²) in [4.78, 5) is 22.9. The standard InChI is InChI=1S/C17H20N4O3/c1-4-21(5-2)16(22)13-8-11(3)18-17(20-13)19-12-6-7-14-15(9-12)24-10-23-14/h6-9H,4-5,10H2,1-3H3,(H,18,19,20). The van der Waals surface area contributed by atoms with Crippen LogP contribution < -0.4 is 14.8 Å². The van der Waals surface area contributed by atoms with Gasteiger partial charge >= 0.3 is 0 Å². The lowest BCUT2D eigenvalue weighted by molar-refractivity contribution is 0.0767. The average Bonchev–Trinajstić information content (AvgIpc) is 3.03. The van der Waals surface area contributed by atoms with Gasteiger partial charge in [-0.3, -0.25) is 4.79 Å². The maximum absolute atomic E-state index is 12.5. The Morgan fingerprint density at radius 3 is 2.67 bits per heavy atom. The van der Waals surface area contributed by atoms with Crippen molar-refractivity contribution in [2.45, 2.75) is 20.8 Å². The van der Waals surface area contributed by atoms with Crippen LogP contribution in [0.25, 0.3) is 0 Å². The van der Waals surface area contributed by atoms with Crippen molar-refractivity contribution < 1.29 is 14.3 Å². The van der Waals surface area contributed by atoms with Crippen molar-refractivity contribution in [1.29, 1.82) is 0 Å². The van der Waals surface area contributed by atoms with E-state index in [2.05, 4.69) is 15.3 Å². The predicted molar refractivity (Wildman–Crippen MR) is 89.9 cm³/mol. The van der Waals surface area contributed by atoms with Crippen LogP contribution in [0.3, 0.4) is 0 Å². The average molecular weight is 328 g/mol. The number of nitrogens with one attached hydrogen (secondary N) is 1. The van der Waals surface area contributed by atoms with Gasteiger partial charge in [0.15, 0.2) is 11.5 Å². The number of ether oxygens (including phenoxy) is 2. The van der Waals surface area contributed by atoms with Crippen LogP contribution in [0.15, 0.2) is 24.3 Å². The Morgan fingerprint density at radius 2 is 1.92 bits per heavy atom. The molecule has 0 radical (unpaired) electrons. The van der Waals surface area contributed by atoms with E-state index < -0.39 is 0 Å². The molecule has 24 heavy (non-hydrogen) atoms. The summed E-state index contributed by atoms with van der Waals surface area (Å²) in [7, 11) is 0. The molecule has 0 fully saturated rings. The van der Waals surface area contributed by atoms with Gasteiger partial charge in [0.1, 0.15) is 5.69 Å². The zero-order valence-corrected chi connectivity index (χ0v) is 14.0. The van der Waals surface area contributed by atoms with E-state index in [0.717, 1.165) is 11.4 Å². The molecule has 3 rings (SSSR count). The second-order valence-electron chi connectivity index (χ2n) is 5.39.